The molecule has 0 amide bonds. The Balaban J connectivity index is 2.94. The molecule has 0 bridgehead atoms. The van der Waals surface area contributed by atoms with Crippen molar-refractivity contribution >= 4 is 14.4 Å². The molecule has 0 aromatic heterocycles. The number of carbonyl (C=O) groups is 1. The SMILES string of the molecule is CC(=O)C1=C(C)C(C)=C[P]1. The Morgan fingerprint density at radius 1 is 1.50 bits per heavy atom. The predicted molar refractivity (Wildman–Crippen MR) is 44.1 cm³/mol. The van der Waals surface area contributed by atoms with Crippen molar-refractivity contribution in [2.75, 3.05) is 0 Å². The number of hydrogen-bond acceptors (Lipinski definition) is 1. The normalized spacial score (nSPS) is 20.1. The van der Waals surface area contributed by atoms with Crippen LogP contribution in [0.25, 0.3) is 0 Å². The van der Waals surface area contributed by atoms with Crippen LogP contribution in [0, 0.1) is 0 Å². The molecule has 1 aliphatic heterocycles. The van der Waals surface area contributed by atoms with E-state index in [0.717, 1.165) is 19.5 Å². The molecule has 10 heavy (non-hydrogen) atoms. The summed E-state index contributed by atoms with van der Waals surface area (Å²) in [5.41, 5.74) is 2.40. The van der Waals surface area contributed by atoms with Gasteiger partial charge in [0, 0.05) is 5.31 Å². The van der Waals surface area contributed by atoms with Gasteiger partial charge in [0.25, 0.3) is 0 Å². The summed E-state index contributed by atoms with van der Waals surface area (Å²) in [6.45, 7) is 5.67. The van der Waals surface area contributed by atoms with Crippen LogP contribution >= 0.6 is 8.58 Å². The molecule has 0 saturated heterocycles. The molecule has 0 fully saturated rings. The third-order valence-electron chi connectivity index (χ3n) is 1.67. The second kappa shape index (κ2) is 2.67. The maximum Gasteiger partial charge on any atom is 0.161 e. The Kier molecular flexibility index (Phi) is 2.05. The second-order valence-corrected chi connectivity index (χ2v) is 3.43. The van der Waals surface area contributed by atoms with Crippen molar-refractivity contribution < 1.29 is 4.79 Å². The second-order valence-electron chi connectivity index (χ2n) is 2.47. The van der Waals surface area contributed by atoms with Crippen LogP contribution in [0.15, 0.2) is 22.3 Å². The van der Waals surface area contributed by atoms with E-state index in [1.165, 1.54) is 5.57 Å². The number of rotatable bonds is 1. The number of Topliss-reactive ketones (excluding diaryl/α,β-unsaturated/α-hetero) is 1. The average molecular weight is 153 g/mol. The van der Waals surface area contributed by atoms with Crippen molar-refractivity contribution in [3.05, 3.63) is 22.3 Å². The predicted octanol–water partition coefficient (Wildman–Crippen LogP) is 2.71. The number of hydrogen-bond donors (Lipinski definition) is 0. The summed E-state index contributed by atoms with van der Waals surface area (Å²) in [4.78, 5) is 10.9. The first-order valence-electron chi connectivity index (χ1n) is 3.22. The van der Waals surface area contributed by atoms with E-state index in [0.29, 0.717) is 0 Å². The Bertz CT molecular complexity index is 236. The molecule has 1 aliphatic rings. The van der Waals surface area contributed by atoms with Gasteiger partial charge in [0.15, 0.2) is 5.78 Å². The highest BCUT2D eigenvalue weighted by Gasteiger charge is 2.14. The fraction of sp³-hybridized carbons (Fsp3) is 0.375. The maximum atomic E-state index is 10.9. The van der Waals surface area contributed by atoms with Crippen molar-refractivity contribution in [1.82, 2.24) is 0 Å². The summed E-state index contributed by atoms with van der Waals surface area (Å²) in [7, 11) is 1.07. The Morgan fingerprint density at radius 3 is 2.30 bits per heavy atom. The summed E-state index contributed by atoms with van der Waals surface area (Å²) >= 11 is 0. The zero-order valence-corrected chi connectivity index (χ0v) is 7.33. The van der Waals surface area contributed by atoms with Gasteiger partial charge >= 0.3 is 0 Å². The molecule has 0 spiro atoms. The number of ketones is 1. The molecule has 0 atom stereocenters. The summed E-state index contributed by atoms with van der Waals surface area (Å²) in [6.07, 6.45) is 0. The molecule has 0 unspecified atom stereocenters. The lowest BCUT2D eigenvalue weighted by Crippen LogP contribution is -1.91. The van der Waals surface area contributed by atoms with E-state index in [2.05, 4.69) is 5.82 Å². The fourth-order valence-corrected chi connectivity index (χ4v) is 1.96. The first-order valence-corrected chi connectivity index (χ1v) is 4.19. The Labute approximate surface area is 63.0 Å². The van der Waals surface area contributed by atoms with Crippen LogP contribution in [-0.4, -0.2) is 5.78 Å². The molecule has 1 rings (SSSR count). The molecule has 1 nitrogen and oxygen atoms in total. The van der Waals surface area contributed by atoms with Crippen molar-refractivity contribution in [1.29, 1.82) is 0 Å². The molecule has 1 heterocycles. The van der Waals surface area contributed by atoms with Gasteiger partial charge in [-0.25, -0.2) is 0 Å². The summed E-state index contributed by atoms with van der Waals surface area (Å²) in [5.74, 6) is 2.28. The maximum absolute atomic E-state index is 10.9. The Morgan fingerprint density at radius 2 is 2.10 bits per heavy atom. The van der Waals surface area contributed by atoms with Gasteiger partial charge in [-0.05, 0) is 46.3 Å². The van der Waals surface area contributed by atoms with E-state index in [1.54, 1.807) is 6.92 Å². The number of carbonyl (C=O) groups excluding carboxylic acids is 1. The van der Waals surface area contributed by atoms with Crippen molar-refractivity contribution in [3.8, 4) is 0 Å². The minimum Gasteiger partial charge on any atom is -0.294 e. The number of allylic oxidation sites excluding steroid dienone is 3. The van der Waals surface area contributed by atoms with Crippen LogP contribution in [0.5, 0.6) is 0 Å². The Hall–Kier alpha value is -0.420. The van der Waals surface area contributed by atoms with Crippen LogP contribution < -0.4 is 0 Å². The van der Waals surface area contributed by atoms with Gasteiger partial charge in [0.2, 0.25) is 0 Å². The van der Waals surface area contributed by atoms with E-state index in [-0.39, 0.29) is 5.78 Å². The molecule has 2 heteroatoms. The zero-order chi connectivity index (χ0) is 7.72. The molecule has 0 N–H and O–H groups in total. The van der Waals surface area contributed by atoms with Gasteiger partial charge in [0.1, 0.15) is 0 Å². The van der Waals surface area contributed by atoms with Gasteiger partial charge in [-0.1, -0.05) is 0 Å². The van der Waals surface area contributed by atoms with Gasteiger partial charge in [-0.15, -0.1) is 0 Å². The van der Waals surface area contributed by atoms with Crippen LogP contribution in [0.4, 0.5) is 0 Å². The molecule has 0 aliphatic carbocycles. The molecular formula is C8H10OP. The molecule has 0 saturated carbocycles. The van der Waals surface area contributed by atoms with Gasteiger partial charge in [-0.3, -0.25) is 4.79 Å². The lowest BCUT2D eigenvalue weighted by molar-refractivity contribution is -0.113. The fourth-order valence-electron chi connectivity index (χ4n) is 0.897. The van der Waals surface area contributed by atoms with Crippen LogP contribution in [0.2, 0.25) is 0 Å². The average Bonchev–Trinajstić information content (AvgIpc) is 2.14. The molecule has 53 valence electrons. The highest BCUT2D eigenvalue weighted by molar-refractivity contribution is 7.48. The minimum absolute atomic E-state index is 0.201. The smallest absolute Gasteiger partial charge is 0.161 e. The van der Waals surface area contributed by atoms with Crippen molar-refractivity contribution in [3.63, 3.8) is 0 Å². The lowest BCUT2D eigenvalue weighted by atomic mass is 10.1. The van der Waals surface area contributed by atoms with Crippen LogP contribution in [-0.2, 0) is 4.79 Å². The van der Waals surface area contributed by atoms with E-state index in [1.807, 2.05) is 13.8 Å². The quantitative estimate of drug-likeness (QED) is 0.529. The van der Waals surface area contributed by atoms with E-state index in [9.17, 15) is 4.79 Å². The third-order valence-corrected chi connectivity index (χ3v) is 3.09. The summed E-state index contributed by atoms with van der Waals surface area (Å²) < 4.78 is 0. The van der Waals surface area contributed by atoms with Gasteiger partial charge < -0.3 is 0 Å². The van der Waals surface area contributed by atoms with E-state index in [4.69, 9.17) is 0 Å². The highest BCUT2D eigenvalue weighted by Crippen LogP contribution is 2.39. The first kappa shape index (κ1) is 7.68. The first-order chi connectivity index (χ1) is 4.63. The monoisotopic (exact) mass is 153 g/mol. The van der Waals surface area contributed by atoms with Crippen molar-refractivity contribution in [2.24, 2.45) is 0 Å². The molecule has 0 aromatic rings. The van der Waals surface area contributed by atoms with Crippen molar-refractivity contribution in [2.45, 2.75) is 20.8 Å². The van der Waals surface area contributed by atoms with Gasteiger partial charge in [-0.2, -0.15) is 0 Å². The molecular weight excluding hydrogens is 143 g/mol. The van der Waals surface area contributed by atoms with E-state index >= 15 is 0 Å². The largest absolute Gasteiger partial charge is 0.294 e. The lowest BCUT2D eigenvalue weighted by Gasteiger charge is -1.96. The van der Waals surface area contributed by atoms with Crippen LogP contribution in [0.3, 0.4) is 0 Å². The molecule has 0 aromatic carbocycles. The third kappa shape index (κ3) is 1.19. The summed E-state index contributed by atoms with van der Waals surface area (Å²) in [6, 6.07) is 0. The van der Waals surface area contributed by atoms with E-state index < -0.39 is 0 Å². The molecule has 1 radical (unpaired) electrons. The minimum atomic E-state index is 0.201. The zero-order valence-electron chi connectivity index (χ0n) is 6.43. The standard InChI is InChI=1S/C8H10OP/c1-5-4-10-8(6(5)2)7(3)9/h4H,1-3H3. The van der Waals surface area contributed by atoms with Gasteiger partial charge in [0.05, 0.1) is 0 Å². The van der Waals surface area contributed by atoms with Crippen LogP contribution in [0.1, 0.15) is 20.8 Å². The highest BCUT2D eigenvalue weighted by atomic mass is 31.1. The summed E-state index contributed by atoms with van der Waals surface area (Å²) in [5, 5.41) is 0.956. The topological polar surface area (TPSA) is 17.1 Å².